The topological polar surface area (TPSA) is 70.6 Å². The molecule has 8 heteroatoms. The van der Waals surface area contributed by atoms with Crippen molar-refractivity contribution in [2.24, 2.45) is 0 Å². The van der Waals surface area contributed by atoms with Gasteiger partial charge in [0.05, 0.1) is 18.3 Å². The quantitative estimate of drug-likeness (QED) is 0.759. The average molecular weight is 378 g/mol. The molecule has 3 rings (SSSR count). The van der Waals surface area contributed by atoms with E-state index < -0.39 is 12.1 Å². The highest BCUT2D eigenvalue weighted by Gasteiger charge is 2.22. The van der Waals surface area contributed by atoms with Gasteiger partial charge in [0.1, 0.15) is 12.4 Å². The van der Waals surface area contributed by atoms with Crippen molar-refractivity contribution < 1.29 is 27.8 Å². The largest absolute Gasteiger partial charge is 0.489 e. The fourth-order valence-electron chi connectivity index (χ4n) is 2.53. The van der Waals surface area contributed by atoms with Crippen LogP contribution in [0.25, 0.3) is 6.08 Å². The Morgan fingerprint density at radius 1 is 1.26 bits per heavy atom. The molecule has 2 aromatic carbocycles. The second-order valence-corrected chi connectivity index (χ2v) is 6.00. The van der Waals surface area contributed by atoms with E-state index in [1.54, 1.807) is 18.2 Å². The maximum atomic E-state index is 12.3. The predicted molar refractivity (Wildman–Crippen MR) is 95.9 cm³/mol. The lowest BCUT2D eigenvalue weighted by Crippen LogP contribution is -2.34. The summed E-state index contributed by atoms with van der Waals surface area (Å²) in [6.45, 7) is 0.264. The van der Waals surface area contributed by atoms with Crippen LogP contribution in [0.15, 0.2) is 48.5 Å². The van der Waals surface area contributed by atoms with Crippen LogP contribution in [-0.4, -0.2) is 36.4 Å². The average Bonchev–Trinajstić information content (AvgIpc) is 2.65. The smallest absolute Gasteiger partial charge is 0.409 e. The van der Waals surface area contributed by atoms with Gasteiger partial charge in [-0.05, 0) is 29.8 Å². The summed E-state index contributed by atoms with van der Waals surface area (Å²) in [5.74, 6) is 0.170. The molecular formula is C19H17F3N2O3. The van der Waals surface area contributed by atoms with Crippen LogP contribution in [0.5, 0.6) is 5.75 Å². The second-order valence-electron chi connectivity index (χ2n) is 6.00. The lowest BCUT2D eigenvalue weighted by Gasteiger charge is -2.26. The number of aliphatic hydroxyl groups excluding tert-OH is 1. The number of anilines is 2. The number of carbonyl (C=O) groups excluding carboxylic acids is 1. The van der Waals surface area contributed by atoms with Crippen LogP contribution in [0.3, 0.4) is 0 Å². The normalized spacial score (nSPS) is 16.4. The first-order chi connectivity index (χ1) is 12.8. The Bertz CT molecular complexity index is 848. The Balaban J connectivity index is 1.66. The predicted octanol–water partition coefficient (Wildman–Crippen LogP) is 3.68. The highest BCUT2D eigenvalue weighted by molar-refractivity contribution is 6.04. The number of ether oxygens (including phenoxy) is 1. The maximum Gasteiger partial charge on any atom is 0.409 e. The van der Waals surface area contributed by atoms with Gasteiger partial charge in [-0.25, -0.2) is 0 Å². The molecule has 3 N–H and O–H groups in total. The molecule has 0 bridgehead atoms. The summed E-state index contributed by atoms with van der Waals surface area (Å²) >= 11 is 0. The van der Waals surface area contributed by atoms with Crippen molar-refractivity contribution in [1.29, 1.82) is 0 Å². The van der Waals surface area contributed by atoms with Crippen LogP contribution in [0, 0.1) is 0 Å². The number of carbonyl (C=O) groups is 1. The Hall–Kier alpha value is -3.00. The zero-order chi connectivity index (χ0) is 19.4. The number of amides is 1. The van der Waals surface area contributed by atoms with Crippen molar-refractivity contribution >= 4 is 23.4 Å². The molecule has 27 heavy (non-hydrogen) atoms. The molecular weight excluding hydrogens is 361 g/mol. The molecule has 142 valence electrons. The van der Waals surface area contributed by atoms with E-state index in [1.807, 2.05) is 0 Å². The van der Waals surface area contributed by atoms with Gasteiger partial charge in [0.25, 0.3) is 5.91 Å². The zero-order valence-corrected chi connectivity index (χ0v) is 14.1. The van der Waals surface area contributed by atoms with Gasteiger partial charge in [-0.2, -0.15) is 13.2 Å². The Labute approximate surface area is 153 Å². The van der Waals surface area contributed by atoms with E-state index in [-0.39, 0.29) is 18.7 Å². The van der Waals surface area contributed by atoms with E-state index in [0.29, 0.717) is 29.2 Å². The minimum Gasteiger partial charge on any atom is -0.489 e. The van der Waals surface area contributed by atoms with E-state index in [0.717, 1.165) is 11.8 Å². The van der Waals surface area contributed by atoms with Crippen molar-refractivity contribution in [3.8, 4) is 5.75 Å². The van der Waals surface area contributed by atoms with E-state index in [4.69, 9.17) is 9.84 Å². The van der Waals surface area contributed by atoms with Crippen LogP contribution >= 0.6 is 0 Å². The minimum atomic E-state index is -4.38. The van der Waals surface area contributed by atoms with Crippen molar-refractivity contribution in [2.75, 3.05) is 23.8 Å². The van der Waals surface area contributed by atoms with E-state index in [1.165, 1.54) is 24.3 Å². The number of halogens is 3. The minimum absolute atomic E-state index is 0.0495. The summed E-state index contributed by atoms with van der Waals surface area (Å²) in [7, 11) is 0. The number of benzene rings is 2. The number of fused-ring (bicyclic) bond motifs is 1. The number of nitrogens with one attached hydrogen (secondary N) is 2. The summed E-state index contributed by atoms with van der Waals surface area (Å²) < 4.78 is 42.1. The van der Waals surface area contributed by atoms with Gasteiger partial charge in [-0.15, -0.1) is 0 Å². The van der Waals surface area contributed by atoms with Crippen molar-refractivity contribution in [1.82, 2.24) is 0 Å². The Kier molecular flexibility index (Phi) is 5.36. The van der Waals surface area contributed by atoms with Crippen LogP contribution in [0.4, 0.5) is 24.5 Å². The van der Waals surface area contributed by atoms with Gasteiger partial charge < -0.3 is 20.5 Å². The lowest BCUT2D eigenvalue weighted by atomic mass is 10.1. The molecule has 0 saturated heterocycles. The molecule has 0 fully saturated rings. The standard InChI is InChI=1S/C19H17F3N2O3/c20-19(21,22)8-7-12-1-3-13(4-2-12)18(26)24-14-5-6-16-17(9-14)27-11-15(10-25)23-16/h1-9,15,23,25H,10-11H2,(H,24,26). The van der Waals surface area contributed by atoms with Gasteiger partial charge in [-0.1, -0.05) is 18.2 Å². The maximum absolute atomic E-state index is 12.3. The van der Waals surface area contributed by atoms with Gasteiger partial charge >= 0.3 is 6.18 Å². The second kappa shape index (κ2) is 7.71. The monoisotopic (exact) mass is 378 g/mol. The van der Waals surface area contributed by atoms with Gasteiger partial charge in [0.15, 0.2) is 0 Å². The first-order valence-electron chi connectivity index (χ1n) is 8.16. The summed E-state index contributed by atoms with van der Waals surface area (Å²) in [6, 6.07) is 10.7. The zero-order valence-electron chi connectivity index (χ0n) is 14.1. The van der Waals surface area contributed by atoms with Crippen LogP contribution in [-0.2, 0) is 0 Å². The fourth-order valence-corrected chi connectivity index (χ4v) is 2.53. The highest BCUT2D eigenvalue weighted by atomic mass is 19.4. The molecule has 0 spiro atoms. The number of allylic oxidation sites excluding steroid dienone is 1. The molecule has 1 aliphatic heterocycles. The molecule has 1 heterocycles. The molecule has 2 aromatic rings. The number of hydrogen-bond donors (Lipinski definition) is 3. The highest BCUT2D eigenvalue weighted by Crippen LogP contribution is 2.31. The number of rotatable bonds is 4. The van der Waals surface area contributed by atoms with Gasteiger partial charge in [-0.3, -0.25) is 4.79 Å². The summed E-state index contributed by atoms with van der Waals surface area (Å²) in [5.41, 5.74) is 1.90. The lowest BCUT2D eigenvalue weighted by molar-refractivity contribution is -0.0790. The van der Waals surface area contributed by atoms with Crippen molar-refractivity contribution in [3.05, 3.63) is 59.7 Å². The Morgan fingerprint density at radius 2 is 2.00 bits per heavy atom. The summed E-state index contributed by atoms with van der Waals surface area (Å²) in [4.78, 5) is 12.3. The number of hydrogen-bond acceptors (Lipinski definition) is 4. The molecule has 0 saturated carbocycles. The number of alkyl halides is 3. The fraction of sp³-hybridized carbons (Fsp3) is 0.211. The third kappa shape index (κ3) is 5.01. The van der Waals surface area contributed by atoms with Crippen molar-refractivity contribution in [2.45, 2.75) is 12.2 Å². The van der Waals surface area contributed by atoms with E-state index >= 15 is 0 Å². The van der Waals surface area contributed by atoms with E-state index in [9.17, 15) is 18.0 Å². The molecule has 0 aromatic heterocycles. The molecule has 0 aliphatic carbocycles. The molecule has 1 amide bonds. The number of aliphatic hydroxyl groups is 1. The van der Waals surface area contributed by atoms with Crippen LogP contribution < -0.4 is 15.4 Å². The Morgan fingerprint density at radius 3 is 2.67 bits per heavy atom. The van der Waals surface area contributed by atoms with Gasteiger partial charge in [0, 0.05) is 23.4 Å². The SMILES string of the molecule is O=C(Nc1ccc2c(c1)OCC(CO)N2)c1ccc(C=CC(F)(F)F)cc1. The van der Waals surface area contributed by atoms with E-state index in [2.05, 4.69) is 10.6 Å². The van der Waals surface area contributed by atoms with Crippen LogP contribution in [0.2, 0.25) is 0 Å². The third-order valence-electron chi connectivity index (χ3n) is 3.90. The summed E-state index contributed by atoms with van der Waals surface area (Å²) in [5, 5.41) is 15.0. The molecule has 5 nitrogen and oxygen atoms in total. The third-order valence-corrected chi connectivity index (χ3v) is 3.90. The molecule has 1 aliphatic rings. The first-order valence-corrected chi connectivity index (χ1v) is 8.16. The molecule has 1 atom stereocenters. The molecule has 0 radical (unpaired) electrons. The van der Waals surface area contributed by atoms with Crippen molar-refractivity contribution in [3.63, 3.8) is 0 Å². The molecule has 1 unspecified atom stereocenters. The summed E-state index contributed by atoms with van der Waals surface area (Å²) in [6.07, 6.45) is -3.30. The first kappa shape index (κ1) is 18.8. The van der Waals surface area contributed by atoms with Crippen LogP contribution in [0.1, 0.15) is 15.9 Å². The van der Waals surface area contributed by atoms with Gasteiger partial charge in [0.2, 0.25) is 0 Å².